The largest absolute Gasteiger partial charge is 0.408 e. The summed E-state index contributed by atoms with van der Waals surface area (Å²) in [4.78, 5) is 24.4. The average Bonchev–Trinajstić information content (AvgIpc) is 2.89. The number of alkyl halides is 3. The molecule has 0 radical (unpaired) electrons. The molecule has 2 aliphatic rings. The summed E-state index contributed by atoms with van der Waals surface area (Å²) in [5.41, 5.74) is 0. The lowest BCUT2D eigenvalue weighted by Gasteiger charge is -2.41. The van der Waals surface area contributed by atoms with Gasteiger partial charge < -0.3 is 10.2 Å². The van der Waals surface area contributed by atoms with Gasteiger partial charge >= 0.3 is 6.18 Å². The van der Waals surface area contributed by atoms with E-state index in [1.165, 1.54) is 6.92 Å². The number of hydrogen-bond acceptors (Lipinski definition) is 2. The minimum Gasteiger partial charge on any atom is -0.352 e. The summed E-state index contributed by atoms with van der Waals surface area (Å²) in [5.74, 6) is -1.15. The van der Waals surface area contributed by atoms with Crippen molar-refractivity contribution in [1.82, 2.24) is 10.2 Å². The molecule has 2 rings (SSSR count). The summed E-state index contributed by atoms with van der Waals surface area (Å²) in [6, 6.07) is -2.14. The second-order valence-electron chi connectivity index (χ2n) is 5.66. The number of nitrogens with one attached hydrogen (secondary N) is 1. The maximum Gasteiger partial charge on any atom is 0.408 e. The number of nitrogens with zero attached hydrogens (tertiary/aromatic N) is 1. The third-order valence-corrected chi connectivity index (χ3v) is 4.01. The highest BCUT2D eigenvalue weighted by molar-refractivity contribution is 5.80. The van der Waals surface area contributed by atoms with E-state index < -0.39 is 30.1 Å². The molecule has 1 fully saturated rings. The summed E-state index contributed by atoms with van der Waals surface area (Å²) < 4.78 is 39.4. The summed E-state index contributed by atoms with van der Waals surface area (Å²) >= 11 is 0. The Morgan fingerprint density at radius 1 is 1.19 bits per heavy atom. The molecule has 1 aliphatic carbocycles. The maximum atomic E-state index is 13.1. The van der Waals surface area contributed by atoms with Crippen LogP contribution >= 0.6 is 0 Å². The van der Waals surface area contributed by atoms with E-state index >= 15 is 0 Å². The van der Waals surface area contributed by atoms with Crippen LogP contribution in [0.2, 0.25) is 0 Å². The molecular weight excluding hydrogens is 285 g/mol. The first kappa shape index (κ1) is 15.9. The predicted octanol–water partition coefficient (Wildman–Crippen LogP) is 2.01. The van der Waals surface area contributed by atoms with Gasteiger partial charge in [0.2, 0.25) is 11.8 Å². The molecule has 118 valence electrons. The first-order valence-electron chi connectivity index (χ1n) is 7.08. The lowest BCUT2D eigenvalue weighted by Crippen LogP contribution is -2.59. The Labute approximate surface area is 121 Å². The molecule has 0 bridgehead atoms. The van der Waals surface area contributed by atoms with Crippen LogP contribution in [-0.4, -0.2) is 41.5 Å². The van der Waals surface area contributed by atoms with Gasteiger partial charge in [-0.05, 0) is 25.7 Å². The van der Waals surface area contributed by atoms with Crippen LogP contribution in [0.25, 0.3) is 0 Å². The first-order valence-corrected chi connectivity index (χ1v) is 7.08. The average molecular weight is 304 g/mol. The Morgan fingerprint density at radius 3 is 2.33 bits per heavy atom. The normalized spacial score (nSPS) is 27.0. The number of hydrogen-bond donors (Lipinski definition) is 1. The van der Waals surface area contributed by atoms with E-state index in [1.54, 1.807) is 0 Å². The van der Waals surface area contributed by atoms with Gasteiger partial charge in [0, 0.05) is 25.4 Å². The summed E-state index contributed by atoms with van der Waals surface area (Å²) in [6.07, 6.45) is 0.260. The van der Waals surface area contributed by atoms with Gasteiger partial charge in [-0.2, -0.15) is 13.2 Å². The van der Waals surface area contributed by atoms with Gasteiger partial charge in [0.1, 0.15) is 6.04 Å². The fourth-order valence-corrected chi connectivity index (χ4v) is 3.01. The molecule has 21 heavy (non-hydrogen) atoms. The number of halogens is 3. The smallest absolute Gasteiger partial charge is 0.352 e. The van der Waals surface area contributed by atoms with Crippen molar-refractivity contribution in [3.05, 3.63) is 12.2 Å². The van der Waals surface area contributed by atoms with Gasteiger partial charge in [-0.3, -0.25) is 9.59 Å². The van der Waals surface area contributed by atoms with E-state index in [9.17, 15) is 22.8 Å². The van der Waals surface area contributed by atoms with Gasteiger partial charge in [-0.15, -0.1) is 0 Å². The van der Waals surface area contributed by atoms with E-state index in [-0.39, 0.29) is 25.3 Å². The Balaban J connectivity index is 2.12. The highest BCUT2D eigenvalue weighted by atomic mass is 19.4. The van der Waals surface area contributed by atoms with Crippen molar-refractivity contribution in [3.63, 3.8) is 0 Å². The van der Waals surface area contributed by atoms with Gasteiger partial charge in [-0.25, -0.2) is 0 Å². The molecule has 0 unspecified atom stereocenters. The van der Waals surface area contributed by atoms with Crippen LogP contribution in [0.3, 0.4) is 0 Å². The molecule has 1 N–H and O–H groups in total. The van der Waals surface area contributed by atoms with Crippen LogP contribution in [0.4, 0.5) is 13.2 Å². The Bertz CT molecular complexity index is 440. The zero-order chi connectivity index (χ0) is 15.6. The van der Waals surface area contributed by atoms with Crippen molar-refractivity contribution in [3.8, 4) is 0 Å². The van der Waals surface area contributed by atoms with Crippen LogP contribution in [0, 0.1) is 5.92 Å². The van der Waals surface area contributed by atoms with E-state index in [1.807, 2.05) is 12.2 Å². The van der Waals surface area contributed by atoms with Gasteiger partial charge in [0.25, 0.3) is 0 Å². The summed E-state index contributed by atoms with van der Waals surface area (Å²) in [6.45, 7) is 1.25. The molecule has 2 atom stereocenters. The standard InChI is InChI=1S/C14H19F3N2O2/c1-9(20)18-11-6-7-12(14(15,16)17)19(8-11)13(21)10-4-2-3-5-10/h2-3,10-12H,4-8H2,1H3,(H,18,20)/t11-,12+/m1/s1. The highest BCUT2D eigenvalue weighted by Gasteiger charge is 2.49. The second kappa shape index (κ2) is 6.07. The number of amides is 2. The van der Waals surface area contributed by atoms with Crippen molar-refractivity contribution >= 4 is 11.8 Å². The fourth-order valence-electron chi connectivity index (χ4n) is 3.01. The van der Waals surface area contributed by atoms with E-state index in [0.29, 0.717) is 12.8 Å². The Kier molecular flexibility index (Phi) is 4.58. The highest BCUT2D eigenvalue weighted by Crippen LogP contribution is 2.34. The number of carbonyl (C=O) groups is 2. The van der Waals surface area contributed by atoms with Gasteiger partial charge in [0.15, 0.2) is 0 Å². The number of carbonyl (C=O) groups excluding carboxylic acids is 2. The molecule has 0 aromatic rings. The SMILES string of the molecule is CC(=O)N[C@@H]1CC[C@@H](C(F)(F)F)N(C(=O)C2CC=CC2)C1. The molecule has 0 saturated carbocycles. The van der Waals surface area contributed by atoms with Gasteiger partial charge in [-0.1, -0.05) is 12.2 Å². The molecule has 1 heterocycles. The van der Waals surface area contributed by atoms with Crippen molar-refractivity contribution in [2.24, 2.45) is 5.92 Å². The number of rotatable bonds is 2. The third kappa shape index (κ3) is 3.77. The molecule has 2 amide bonds. The van der Waals surface area contributed by atoms with Crippen molar-refractivity contribution in [1.29, 1.82) is 0 Å². The van der Waals surface area contributed by atoms with E-state index in [2.05, 4.69) is 5.32 Å². The molecule has 0 spiro atoms. The number of allylic oxidation sites excluding steroid dienone is 2. The molecule has 0 aromatic carbocycles. The Morgan fingerprint density at radius 2 is 1.81 bits per heavy atom. The molecule has 4 nitrogen and oxygen atoms in total. The van der Waals surface area contributed by atoms with Crippen molar-refractivity contribution < 1.29 is 22.8 Å². The molecular formula is C14H19F3N2O2. The number of piperidine rings is 1. The second-order valence-corrected chi connectivity index (χ2v) is 5.66. The van der Waals surface area contributed by atoms with E-state index in [4.69, 9.17) is 0 Å². The zero-order valence-corrected chi connectivity index (χ0v) is 11.8. The fraction of sp³-hybridized carbons (Fsp3) is 0.714. The minimum atomic E-state index is -4.43. The van der Waals surface area contributed by atoms with Crippen LogP contribution in [-0.2, 0) is 9.59 Å². The molecule has 0 aromatic heterocycles. The quantitative estimate of drug-likeness (QED) is 0.793. The minimum absolute atomic E-state index is 0.0703. The predicted molar refractivity (Wildman–Crippen MR) is 70.3 cm³/mol. The zero-order valence-electron chi connectivity index (χ0n) is 11.8. The first-order chi connectivity index (χ1) is 9.79. The maximum absolute atomic E-state index is 13.1. The van der Waals surface area contributed by atoms with Crippen LogP contribution < -0.4 is 5.32 Å². The van der Waals surface area contributed by atoms with E-state index in [0.717, 1.165) is 4.90 Å². The monoisotopic (exact) mass is 304 g/mol. The van der Waals surface area contributed by atoms with Crippen LogP contribution in [0.15, 0.2) is 12.2 Å². The van der Waals surface area contributed by atoms with Gasteiger partial charge in [0.05, 0.1) is 0 Å². The third-order valence-electron chi connectivity index (χ3n) is 4.01. The lowest BCUT2D eigenvalue weighted by molar-refractivity contribution is -0.199. The molecule has 1 aliphatic heterocycles. The van der Waals surface area contributed by atoms with Crippen LogP contribution in [0.5, 0.6) is 0 Å². The van der Waals surface area contributed by atoms with Crippen LogP contribution in [0.1, 0.15) is 32.6 Å². The molecule has 1 saturated heterocycles. The summed E-state index contributed by atoms with van der Waals surface area (Å²) in [5, 5.41) is 2.61. The topological polar surface area (TPSA) is 49.4 Å². The Hall–Kier alpha value is -1.53. The lowest BCUT2D eigenvalue weighted by atomic mass is 9.94. The number of likely N-dealkylation sites (tertiary alicyclic amines) is 1. The molecule has 7 heteroatoms. The van der Waals surface area contributed by atoms with Crippen molar-refractivity contribution in [2.75, 3.05) is 6.54 Å². The summed E-state index contributed by atoms with van der Waals surface area (Å²) in [7, 11) is 0. The van der Waals surface area contributed by atoms with Crippen molar-refractivity contribution in [2.45, 2.75) is 50.9 Å².